The van der Waals surface area contributed by atoms with Crippen LogP contribution in [0.2, 0.25) is 0 Å². The van der Waals surface area contributed by atoms with Gasteiger partial charge in [0.1, 0.15) is 18.1 Å². The molecule has 2 aromatic rings. The Labute approximate surface area is 150 Å². The van der Waals surface area contributed by atoms with E-state index in [9.17, 15) is 14.7 Å². The normalized spacial score (nSPS) is 22.4. The molecule has 2 aromatic carbocycles. The molecule has 0 aromatic heterocycles. The average Bonchev–Trinajstić information content (AvgIpc) is 3.00. The molecule has 3 rings (SSSR count). The van der Waals surface area contributed by atoms with E-state index in [0.29, 0.717) is 17.5 Å². The Morgan fingerprint density at radius 2 is 1.52 bits per heavy atom. The zero-order chi connectivity index (χ0) is 17.6. The number of hydrogen-bond donors (Lipinski definition) is 1. The van der Waals surface area contributed by atoms with Gasteiger partial charge < -0.3 is 14.6 Å². The van der Waals surface area contributed by atoms with Crippen molar-refractivity contribution in [3.05, 3.63) is 71.8 Å². The summed E-state index contributed by atoms with van der Waals surface area (Å²) in [7, 11) is 0. The number of hydrogen-bond acceptors (Lipinski definition) is 6. The number of rotatable bonds is 5. The summed E-state index contributed by atoms with van der Waals surface area (Å²) >= 11 is 1.25. The van der Waals surface area contributed by atoms with Crippen molar-refractivity contribution < 1.29 is 24.2 Å². The summed E-state index contributed by atoms with van der Waals surface area (Å²) in [5.74, 6) is -0.879. The van der Waals surface area contributed by atoms with Gasteiger partial charge in [0.25, 0.3) is 0 Å². The molecule has 0 saturated carbocycles. The smallest absolute Gasteiger partial charge is 0.338 e. The summed E-state index contributed by atoms with van der Waals surface area (Å²) in [5, 5.41) is 9.57. The standard InChI is InChI=1S/C19H18O5S/c20-17-11-15(24-19(22)14-9-5-2-6-10-14)16(25-17)12-23-18(21)13-7-3-1-4-8-13/h1-10,15-17,20H,11-12H2/t15-,16+,17?/m1/s1. The number of esters is 2. The van der Waals surface area contributed by atoms with E-state index >= 15 is 0 Å². The lowest BCUT2D eigenvalue weighted by Crippen LogP contribution is -2.29. The zero-order valence-electron chi connectivity index (χ0n) is 13.4. The van der Waals surface area contributed by atoms with Crippen LogP contribution in [-0.2, 0) is 9.47 Å². The maximum Gasteiger partial charge on any atom is 0.338 e. The minimum atomic E-state index is -0.644. The Morgan fingerprint density at radius 1 is 0.960 bits per heavy atom. The van der Waals surface area contributed by atoms with Crippen molar-refractivity contribution in [1.29, 1.82) is 0 Å². The Hall–Kier alpha value is -2.31. The van der Waals surface area contributed by atoms with Crippen LogP contribution in [0.4, 0.5) is 0 Å². The molecular formula is C19H18O5S. The molecular weight excluding hydrogens is 340 g/mol. The molecule has 1 heterocycles. The number of ether oxygens (including phenoxy) is 2. The van der Waals surface area contributed by atoms with Crippen LogP contribution < -0.4 is 0 Å². The van der Waals surface area contributed by atoms with Crippen molar-refractivity contribution in [2.24, 2.45) is 0 Å². The average molecular weight is 358 g/mol. The van der Waals surface area contributed by atoms with Gasteiger partial charge in [-0.2, -0.15) is 0 Å². The molecule has 5 nitrogen and oxygen atoms in total. The fourth-order valence-corrected chi connectivity index (χ4v) is 3.75. The predicted molar refractivity (Wildman–Crippen MR) is 94.4 cm³/mol. The summed E-state index contributed by atoms with van der Waals surface area (Å²) in [4.78, 5) is 24.2. The summed E-state index contributed by atoms with van der Waals surface area (Å²) in [6, 6.07) is 17.4. The first-order valence-electron chi connectivity index (χ1n) is 7.95. The highest BCUT2D eigenvalue weighted by Crippen LogP contribution is 2.35. The van der Waals surface area contributed by atoms with E-state index < -0.39 is 23.5 Å². The summed E-state index contributed by atoms with van der Waals surface area (Å²) in [6.45, 7) is 0.0716. The third-order valence-electron chi connectivity index (χ3n) is 3.84. The second kappa shape index (κ2) is 8.18. The molecule has 0 aliphatic carbocycles. The van der Waals surface area contributed by atoms with E-state index in [1.165, 1.54) is 11.8 Å². The Balaban J connectivity index is 1.58. The summed E-state index contributed by atoms with van der Waals surface area (Å²) in [5.41, 5.74) is 0.270. The molecule has 0 radical (unpaired) electrons. The van der Waals surface area contributed by atoms with Gasteiger partial charge in [0.05, 0.1) is 16.4 Å². The van der Waals surface area contributed by atoms with Crippen molar-refractivity contribution in [3.8, 4) is 0 Å². The minimum Gasteiger partial charge on any atom is -0.461 e. The molecule has 1 aliphatic rings. The maximum absolute atomic E-state index is 12.2. The number of thioether (sulfide) groups is 1. The molecule has 0 bridgehead atoms. The first-order valence-corrected chi connectivity index (χ1v) is 8.89. The third-order valence-corrected chi connectivity index (χ3v) is 5.13. The fourth-order valence-electron chi connectivity index (χ4n) is 2.56. The quantitative estimate of drug-likeness (QED) is 0.829. The molecule has 0 amide bonds. The summed E-state index contributed by atoms with van der Waals surface area (Å²) < 4.78 is 10.8. The first kappa shape index (κ1) is 17.5. The van der Waals surface area contributed by atoms with Gasteiger partial charge in [-0.1, -0.05) is 36.4 Å². The van der Waals surface area contributed by atoms with Crippen LogP contribution in [0.15, 0.2) is 60.7 Å². The van der Waals surface area contributed by atoms with Crippen molar-refractivity contribution >= 4 is 23.7 Å². The van der Waals surface area contributed by atoms with Crippen LogP contribution >= 0.6 is 11.8 Å². The highest BCUT2D eigenvalue weighted by Gasteiger charge is 2.38. The number of benzene rings is 2. The highest BCUT2D eigenvalue weighted by atomic mass is 32.2. The van der Waals surface area contributed by atoms with Gasteiger partial charge in [-0.15, -0.1) is 11.8 Å². The maximum atomic E-state index is 12.2. The van der Waals surface area contributed by atoms with E-state index in [-0.39, 0.29) is 11.9 Å². The van der Waals surface area contributed by atoms with Crippen LogP contribution in [0.3, 0.4) is 0 Å². The largest absolute Gasteiger partial charge is 0.461 e. The molecule has 1 unspecified atom stereocenters. The molecule has 1 saturated heterocycles. The van der Waals surface area contributed by atoms with Crippen LogP contribution in [-0.4, -0.2) is 40.4 Å². The first-order chi connectivity index (χ1) is 12.1. The van der Waals surface area contributed by atoms with Crippen LogP contribution in [0.5, 0.6) is 0 Å². The van der Waals surface area contributed by atoms with Gasteiger partial charge in [-0.25, -0.2) is 9.59 Å². The van der Waals surface area contributed by atoms with E-state index in [2.05, 4.69) is 0 Å². The Kier molecular flexibility index (Phi) is 5.73. The van der Waals surface area contributed by atoms with Crippen molar-refractivity contribution in [1.82, 2.24) is 0 Å². The Bertz CT molecular complexity index is 719. The molecule has 25 heavy (non-hydrogen) atoms. The lowest BCUT2D eigenvalue weighted by atomic mass is 10.2. The van der Waals surface area contributed by atoms with E-state index in [1.54, 1.807) is 48.5 Å². The van der Waals surface area contributed by atoms with E-state index in [4.69, 9.17) is 9.47 Å². The lowest BCUT2D eigenvalue weighted by molar-refractivity contribution is 0.0178. The topological polar surface area (TPSA) is 72.8 Å². The van der Waals surface area contributed by atoms with Crippen LogP contribution in [0.25, 0.3) is 0 Å². The Morgan fingerprint density at radius 3 is 2.12 bits per heavy atom. The van der Waals surface area contributed by atoms with E-state index in [1.807, 2.05) is 12.1 Å². The van der Waals surface area contributed by atoms with E-state index in [0.717, 1.165) is 0 Å². The highest BCUT2D eigenvalue weighted by molar-refractivity contribution is 8.00. The third kappa shape index (κ3) is 4.61. The van der Waals surface area contributed by atoms with Gasteiger partial charge in [-0.3, -0.25) is 0 Å². The van der Waals surface area contributed by atoms with Crippen LogP contribution in [0.1, 0.15) is 27.1 Å². The lowest BCUT2D eigenvalue weighted by Gasteiger charge is -2.19. The fraction of sp³-hybridized carbons (Fsp3) is 0.263. The second-order valence-corrected chi connectivity index (χ2v) is 7.06. The number of carbonyl (C=O) groups is 2. The zero-order valence-corrected chi connectivity index (χ0v) is 14.2. The van der Waals surface area contributed by atoms with Gasteiger partial charge >= 0.3 is 11.9 Å². The van der Waals surface area contributed by atoms with Gasteiger partial charge in [0, 0.05) is 6.42 Å². The molecule has 130 valence electrons. The number of aliphatic hydroxyl groups is 1. The monoisotopic (exact) mass is 358 g/mol. The summed E-state index contributed by atoms with van der Waals surface area (Å²) in [6.07, 6.45) is -0.187. The molecule has 1 N–H and O–H groups in total. The van der Waals surface area contributed by atoms with Crippen molar-refractivity contribution in [2.75, 3.05) is 6.61 Å². The van der Waals surface area contributed by atoms with Gasteiger partial charge in [0.2, 0.25) is 0 Å². The van der Waals surface area contributed by atoms with Crippen molar-refractivity contribution in [3.63, 3.8) is 0 Å². The molecule has 1 aliphatic heterocycles. The number of aliphatic hydroxyl groups excluding tert-OH is 1. The number of carbonyl (C=O) groups excluding carboxylic acids is 2. The molecule has 0 spiro atoms. The molecule has 3 atom stereocenters. The second-order valence-electron chi connectivity index (χ2n) is 5.64. The predicted octanol–water partition coefficient (Wildman–Crippen LogP) is 2.89. The molecule has 6 heteroatoms. The minimum absolute atomic E-state index is 0.0716. The SMILES string of the molecule is O=C(OC[C@@H]1SC(O)C[C@H]1OC(=O)c1ccccc1)c1ccccc1. The van der Waals surface area contributed by atoms with Gasteiger partial charge in [0.15, 0.2) is 0 Å². The van der Waals surface area contributed by atoms with Crippen LogP contribution in [0, 0.1) is 0 Å². The molecule has 1 fully saturated rings. The van der Waals surface area contributed by atoms with Gasteiger partial charge in [-0.05, 0) is 24.3 Å². The van der Waals surface area contributed by atoms with Crippen molar-refractivity contribution in [2.45, 2.75) is 23.2 Å².